The van der Waals surface area contributed by atoms with Gasteiger partial charge in [0.2, 0.25) is 0 Å². The Labute approximate surface area is 70.0 Å². The highest BCUT2D eigenvalue weighted by Crippen LogP contribution is 2.07. The molecule has 0 saturated carbocycles. The van der Waals surface area contributed by atoms with Crippen molar-refractivity contribution < 1.29 is 0 Å². The Morgan fingerprint density at radius 1 is 1.27 bits per heavy atom. The van der Waals surface area contributed by atoms with Crippen LogP contribution in [0.3, 0.4) is 0 Å². The smallest absolute Gasteiger partial charge is 0.149 e. The zero-order valence-electron chi connectivity index (χ0n) is 7.78. The van der Waals surface area contributed by atoms with E-state index in [4.69, 9.17) is 0 Å². The predicted molar refractivity (Wildman–Crippen MR) is 50.6 cm³/mol. The summed E-state index contributed by atoms with van der Waals surface area (Å²) in [6.07, 6.45) is 7.27. The van der Waals surface area contributed by atoms with Gasteiger partial charge in [-0.1, -0.05) is 13.8 Å². The zero-order chi connectivity index (χ0) is 8.69. The Hall–Kier alpha value is -0.680. The van der Waals surface area contributed by atoms with E-state index in [0.29, 0.717) is 5.71 Å². The molecule has 0 atom stereocenters. The van der Waals surface area contributed by atoms with Crippen LogP contribution in [-0.2, 0) is 0 Å². The average Bonchev–Trinajstić information content (AvgIpc) is 1.97. The molecule has 0 bridgehead atoms. The van der Waals surface area contributed by atoms with E-state index in [1.54, 1.807) is 6.92 Å². The Bertz CT molecular complexity index is 145. The zero-order valence-corrected chi connectivity index (χ0v) is 7.78. The van der Waals surface area contributed by atoms with Gasteiger partial charge in [0.05, 0.1) is 12.5 Å². The van der Waals surface area contributed by atoms with Crippen molar-refractivity contribution in [3.63, 3.8) is 0 Å². The molecular formula is C10H17N. The van der Waals surface area contributed by atoms with Gasteiger partial charge in [-0.15, -0.1) is 0 Å². The van der Waals surface area contributed by atoms with E-state index in [9.17, 15) is 5.41 Å². The molecule has 0 saturated heterocycles. The van der Waals surface area contributed by atoms with Crippen molar-refractivity contribution in [1.82, 2.24) is 0 Å². The van der Waals surface area contributed by atoms with Crippen molar-refractivity contribution >= 4 is 5.71 Å². The monoisotopic (exact) mass is 151 g/mol. The topological polar surface area (TPSA) is 22.3 Å². The first-order valence-corrected chi connectivity index (χ1v) is 4.34. The molecule has 0 aromatic carbocycles. The van der Waals surface area contributed by atoms with Gasteiger partial charge >= 0.3 is 0 Å². The van der Waals surface area contributed by atoms with Crippen LogP contribution in [0.5, 0.6) is 0 Å². The number of nitrogens with zero attached hydrogens (tertiary/aromatic N) is 1. The average molecular weight is 151 g/mol. The van der Waals surface area contributed by atoms with Gasteiger partial charge < -0.3 is 5.41 Å². The third-order valence-corrected chi connectivity index (χ3v) is 1.53. The Morgan fingerprint density at radius 3 is 2.27 bits per heavy atom. The molecule has 11 heavy (non-hydrogen) atoms. The van der Waals surface area contributed by atoms with Crippen LogP contribution in [0, 0.1) is 6.08 Å². The van der Waals surface area contributed by atoms with E-state index in [-0.39, 0.29) is 0 Å². The van der Waals surface area contributed by atoms with Gasteiger partial charge in [0.15, 0.2) is 0 Å². The maximum absolute atomic E-state index is 9.19. The minimum Gasteiger partial charge on any atom is -0.700 e. The second-order valence-electron chi connectivity index (χ2n) is 2.74. The molecule has 0 aromatic rings. The summed E-state index contributed by atoms with van der Waals surface area (Å²) >= 11 is 0. The molecule has 0 rings (SSSR count). The first kappa shape index (κ1) is 10.3. The number of hydrogen-bond acceptors (Lipinski definition) is 0. The Kier molecular flexibility index (Phi) is 5.68. The summed E-state index contributed by atoms with van der Waals surface area (Å²) < 4.78 is 0. The first-order chi connectivity index (χ1) is 5.22. The van der Waals surface area contributed by atoms with Gasteiger partial charge in [-0.05, 0) is 18.6 Å². The number of unbranched alkanes of at least 4 members (excludes halogenated alkanes) is 1. The molecule has 0 aliphatic heterocycles. The molecule has 0 N–H and O–H groups in total. The van der Waals surface area contributed by atoms with E-state index >= 15 is 0 Å². The van der Waals surface area contributed by atoms with E-state index in [1.807, 2.05) is 0 Å². The Morgan fingerprint density at radius 2 is 1.91 bits per heavy atom. The molecule has 0 aromatic heterocycles. The molecule has 0 aliphatic carbocycles. The fourth-order valence-corrected chi connectivity index (χ4v) is 0.923. The van der Waals surface area contributed by atoms with Crippen molar-refractivity contribution in [1.29, 1.82) is 0 Å². The molecule has 62 valence electrons. The molecule has 0 fully saturated rings. The highest BCUT2D eigenvalue weighted by molar-refractivity contribution is 5.99. The lowest BCUT2D eigenvalue weighted by atomic mass is 10.0. The van der Waals surface area contributed by atoms with E-state index < -0.39 is 0 Å². The van der Waals surface area contributed by atoms with Crippen LogP contribution in [0.2, 0.25) is 0 Å². The fraction of sp³-hybridized carbons (Fsp3) is 0.700. The van der Waals surface area contributed by atoms with Gasteiger partial charge in [-0.2, -0.15) is 0 Å². The summed E-state index contributed by atoms with van der Waals surface area (Å²) in [5.41, 5.74) is 1.43. The maximum atomic E-state index is 9.19. The van der Waals surface area contributed by atoms with E-state index in [2.05, 4.69) is 19.9 Å². The normalized spacial score (nSPS) is 11.0. The fourth-order valence-electron chi connectivity index (χ4n) is 0.923. The van der Waals surface area contributed by atoms with Crippen LogP contribution in [0.4, 0.5) is 0 Å². The van der Waals surface area contributed by atoms with E-state index in [0.717, 1.165) is 31.3 Å². The predicted octanol–water partition coefficient (Wildman–Crippen LogP) is 3.35. The van der Waals surface area contributed by atoms with Gasteiger partial charge in [0.25, 0.3) is 0 Å². The summed E-state index contributed by atoms with van der Waals surface area (Å²) in [4.78, 5) is 0. The molecule has 0 aliphatic rings. The summed E-state index contributed by atoms with van der Waals surface area (Å²) in [6, 6.07) is 0. The molecule has 1 nitrogen and oxygen atoms in total. The second kappa shape index (κ2) is 6.06. The van der Waals surface area contributed by atoms with Crippen molar-refractivity contribution in [2.75, 3.05) is 0 Å². The first-order valence-electron chi connectivity index (χ1n) is 4.34. The largest absolute Gasteiger partial charge is 0.700 e. The molecule has 0 heterocycles. The van der Waals surface area contributed by atoms with Crippen molar-refractivity contribution in [3.8, 4) is 0 Å². The molecule has 0 amide bonds. The highest BCUT2D eigenvalue weighted by Gasteiger charge is 2.03. The summed E-state index contributed by atoms with van der Waals surface area (Å²) in [6.45, 7) is 5.95. The van der Waals surface area contributed by atoms with Crippen LogP contribution in [0.25, 0.3) is 5.41 Å². The van der Waals surface area contributed by atoms with Crippen LogP contribution < -0.4 is 0 Å². The quantitative estimate of drug-likeness (QED) is 0.425. The number of hydrogen-bond donors (Lipinski definition) is 0. The minimum absolute atomic E-state index is 0.431. The second-order valence-corrected chi connectivity index (χ2v) is 2.74. The summed E-state index contributed by atoms with van der Waals surface area (Å²) in [5, 5.41) is 9.19. The van der Waals surface area contributed by atoms with Gasteiger partial charge in [0, 0.05) is 13.3 Å². The SMILES string of the molecule is CCC[C+]=C(CCC)C(C)=[N-]. The lowest BCUT2D eigenvalue weighted by molar-refractivity contribution is 0.888. The Balaban J connectivity index is 3.97. The third-order valence-electron chi connectivity index (χ3n) is 1.53. The van der Waals surface area contributed by atoms with Crippen LogP contribution in [-0.4, -0.2) is 5.71 Å². The molecule has 1 heteroatoms. The lowest BCUT2D eigenvalue weighted by Crippen LogP contribution is -1.94. The highest BCUT2D eigenvalue weighted by atomic mass is 14.4. The lowest BCUT2D eigenvalue weighted by Gasteiger charge is -1.97. The minimum atomic E-state index is 0.431. The molecule has 0 spiro atoms. The number of rotatable bonds is 5. The van der Waals surface area contributed by atoms with Crippen LogP contribution in [0.15, 0.2) is 5.57 Å². The summed E-state index contributed by atoms with van der Waals surface area (Å²) in [5.74, 6) is 0. The number of allylic oxidation sites excluding steroid dienone is 2. The summed E-state index contributed by atoms with van der Waals surface area (Å²) in [7, 11) is 0. The standard InChI is InChI=1S/C10H17N/c1-4-6-8-10(7-5-2)9(3)11/h4-7H2,1-3H3. The van der Waals surface area contributed by atoms with Crippen molar-refractivity contribution in [2.45, 2.75) is 46.5 Å². The van der Waals surface area contributed by atoms with Crippen molar-refractivity contribution in [3.05, 3.63) is 17.1 Å². The van der Waals surface area contributed by atoms with Gasteiger partial charge in [-0.3, -0.25) is 0 Å². The molecular weight excluding hydrogens is 134 g/mol. The molecule has 0 unspecified atom stereocenters. The van der Waals surface area contributed by atoms with Gasteiger partial charge in [0.1, 0.15) is 5.57 Å². The van der Waals surface area contributed by atoms with Crippen LogP contribution >= 0.6 is 0 Å². The molecule has 0 radical (unpaired) electrons. The van der Waals surface area contributed by atoms with E-state index in [1.165, 1.54) is 0 Å². The van der Waals surface area contributed by atoms with Gasteiger partial charge in [-0.25, -0.2) is 0 Å². The third kappa shape index (κ3) is 4.69. The van der Waals surface area contributed by atoms with Crippen molar-refractivity contribution in [2.24, 2.45) is 0 Å². The maximum Gasteiger partial charge on any atom is 0.149 e. The van der Waals surface area contributed by atoms with Crippen LogP contribution in [0.1, 0.15) is 46.5 Å².